The monoisotopic (exact) mass is 286 g/mol. The highest BCUT2D eigenvalue weighted by molar-refractivity contribution is 7.89. The molecule has 18 heavy (non-hydrogen) atoms. The van der Waals surface area contributed by atoms with Gasteiger partial charge < -0.3 is 5.73 Å². The fourth-order valence-electron chi connectivity index (χ4n) is 1.63. The van der Waals surface area contributed by atoms with Gasteiger partial charge in [-0.3, -0.25) is 0 Å². The zero-order valence-electron chi connectivity index (χ0n) is 11.0. The fourth-order valence-corrected chi connectivity index (χ4v) is 3.40. The van der Waals surface area contributed by atoms with Gasteiger partial charge in [-0.05, 0) is 32.4 Å². The van der Waals surface area contributed by atoms with Crippen LogP contribution in [0.25, 0.3) is 0 Å². The molecule has 1 unspecified atom stereocenters. The Balaban J connectivity index is 3.25. The summed E-state index contributed by atoms with van der Waals surface area (Å²) in [5.74, 6) is 0. The Bertz CT molecular complexity index is 567. The van der Waals surface area contributed by atoms with Crippen molar-refractivity contribution in [3.05, 3.63) is 29.3 Å². The molecule has 6 heteroatoms. The van der Waals surface area contributed by atoms with Gasteiger partial charge in [0.25, 0.3) is 0 Å². The molecule has 0 bridgehead atoms. The first-order valence-corrected chi connectivity index (χ1v) is 7.37. The van der Waals surface area contributed by atoms with Gasteiger partial charge in [-0.15, -0.1) is 0 Å². The van der Waals surface area contributed by atoms with Crippen LogP contribution in [0, 0.1) is 13.8 Å². The lowest BCUT2D eigenvalue weighted by molar-refractivity contribution is 0.451. The van der Waals surface area contributed by atoms with E-state index in [1.54, 1.807) is 26.0 Å². The zero-order chi connectivity index (χ0) is 14.1. The maximum Gasteiger partial charge on any atom is 0.243 e. The van der Waals surface area contributed by atoms with Crippen molar-refractivity contribution in [1.29, 1.82) is 0 Å². The molecule has 0 saturated heterocycles. The molecule has 0 aromatic heterocycles. The van der Waals surface area contributed by atoms with Gasteiger partial charge in [0.15, 0.2) is 0 Å². The summed E-state index contributed by atoms with van der Waals surface area (Å²) >= 11 is 4.84. The van der Waals surface area contributed by atoms with Crippen LogP contribution in [0.4, 0.5) is 0 Å². The van der Waals surface area contributed by atoms with Crippen molar-refractivity contribution >= 4 is 27.2 Å². The summed E-state index contributed by atoms with van der Waals surface area (Å²) in [5, 5.41) is 0. The quantitative estimate of drug-likeness (QED) is 0.854. The smallest absolute Gasteiger partial charge is 0.243 e. The Labute approximate surface area is 114 Å². The van der Waals surface area contributed by atoms with E-state index in [4.69, 9.17) is 18.0 Å². The summed E-state index contributed by atoms with van der Waals surface area (Å²) in [6.45, 7) is 5.37. The van der Waals surface area contributed by atoms with Crippen molar-refractivity contribution in [3.63, 3.8) is 0 Å². The molecule has 0 amide bonds. The molecule has 0 aliphatic heterocycles. The lowest BCUT2D eigenvalue weighted by atomic mass is 10.2. The van der Waals surface area contributed by atoms with Crippen molar-refractivity contribution < 1.29 is 8.42 Å². The molecule has 0 radical (unpaired) electrons. The molecule has 4 nitrogen and oxygen atoms in total. The Morgan fingerprint density at radius 1 is 1.39 bits per heavy atom. The molecule has 2 N–H and O–H groups in total. The second kappa shape index (κ2) is 5.34. The molecule has 1 aromatic rings. The molecule has 100 valence electrons. The molecular weight excluding hydrogens is 268 g/mol. The number of benzene rings is 1. The summed E-state index contributed by atoms with van der Waals surface area (Å²) in [6.07, 6.45) is 0. The highest BCUT2D eigenvalue weighted by Crippen LogP contribution is 2.21. The Morgan fingerprint density at radius 2 is 1.94 bits per heavy atom. The Kier molecular flexibility index (Phi) is 4.47. The van der Waals surface area contributed by atoms with E-state index in [0.717, 1.165) is 11.1 Å². The van der Waals surface area contributed by atoms with Crippen molar-refractivity contribution in [1.82, 2.24) is 4.31 Å². The first-order chi connectivity index (χ1) is 8.17. The van der Waals surface area contributed by atoms with Crippen molar-refractivity contribution in [2.45, 2.75) is 31.7 Å². The standard InChI is InChI=1S/C12H18N2O2S2/c1-8-5-6-11(9(2)7-8)18(15,16)14(4)10(3)12(13)17/h5-7,10H,1-4H3,(H2,13,17). The first kappa shape index (κ1) is 15.1. The number of hydrogen-bond acceptors (Lipinski definition) is 3. The Hall–Kier alpha value is -0.980. The fraction of sp³-hybridized carbons (Fsp3) is 0.417. The van der Waals surface area contributed by atoms with Gasteiger partial charge in [0.1, 0.15) is 0 Å². The largest absolute Gasteiger partial charge is 0.392 e. The van der Waals surface area contributed by atoms with Crippen LogP contribution in [0.2, 0.25) is 0 Å². The summed E-state index contributed by atoms with van der Waals surface area (Å²) in [6, 6.07) is 4.72. The molecule has 1 aromatic carbocycles. The van der Waals surface area contributed by atoms with Crippen LogP contribution in [-0.4, -0.2) is 30.8 Å². The minimum atomic E-state index is -3.56. The van der Waals surface area contributed by atoms with Crippen LogP contribution in [0.15, 0.2) is 23.1 Å². The van der Waals surface area contributed by atoms with Crippen molar-refractivity contribution in [2.75, 3.05) is 7.05 Å². The predicted octanol–water partition coefficient (Wildman–Crippen LogP) is 1.60. The molecule has 0 aliphatic carbocycles. The van der Waals surface area contributed by atoms with E-state index in [-0.39, 0.29) is 4.99 Å². The van der Waals surface area contributed by atoms with Crippen LogP contribution in [0.3, 0.4) is 0 Å². The maximum absolute atomic E-state index is 12.4. The third kappa shape index (κ3) is 2.88. The van der Waals surface area contributed by atoms with Gasteiger partial charge in [-0.2, -0.15) is 4.31 Å². The van der Waals surface area contributed by atoms with E-state index < -0.39 is 16.1 Å². The second-order valence-electron chi connectivity index (χ2n) is 4.37. The third-order valence-electron chi connectivity index (χ3n) is 2.94. The minimum absolute atomic E-state index is 0.158. The van der Waals surface area contributed by atoms with Crippen molar-refractivity contribution in [3.8, 4) is 0 Å². The average molecular weight is 286 g/mol. The zero-order valence-corrected chi connectivity index (χ0v) is 12.6. The summed E-state index contributed by atoms with van der Waals surface area (Å²) in [4.78, 5) is 0.449. The van der Waals surface area contributed by atoms with Gasteiger partial charge in [0, 0.05) is 7.05 Å². The first-order valence-electron chi connectivity index (χ1n) is 5.52. The van der Waals surface area contributed by atoms with E-state index in [9.17, 15) is 8.42 Å². The van der Waals surface area contributed by atoms with Gasteiger partial charge >= 0.3 is 0 Å². The number of nitrogens with zero attached hydrogens (tertiary/aromatic N) is 1. The molecule has 0 spiro atoms. The van der Waals surface area contributed by atoms with Crippen LogP contribution in [0.1, 0.15) is 18.1 Å². The van der Waals surface area contributed by atoms with Crippen molar-refractivity contribution in [2.24, 2.45) is 5.73 Å². The molecule has 0 aliphatic rings. The SMILES string of the molecule is Cc1ccc(S(=O)(=O)N(C)C(C)C(N)=S)c(C)c1. The van der Waals surface area contributed by atoms with Gasteiger partial charge in [-0.25, -0.2) is 8.42 Å². The molecule has 0 heterocycles. The number of nitrogens with two attached hydrogens (primary N) is 1. The van der Waals surface area contributed by atoms with Gasteiger partial charge in [0.2, 0.25) is 10.0 Å². The predicted molar refractivity (Wildman–Crippen MR) is 77.1 cm³/mol. The summed E-state index contributed by atoms with van der Waals surface area (Å²) in [5.41, 5.74) is 7.24. The third-order valence-corrected chi connectivity index (χ3v) is 5.37. The van der Waals surface area contributed by atoms with Crippen LogP contribution in [-0.2, 0) is 10.0 Å². The van der Waals surface area contributed by atoms with E-state index in [0.29, 0.717) is 4.90 Å². The molecular formula is C12H18N2O2S2. The van der Waals surface area contributed by atoms with E-state index in [2.05, 4.69) is 0 Å². The summed E-state index contributed by atoms with van der Waals surface area (Å²) in [7, 11) is -2.08. The number of thiocarbonyl (C=S) groups is 1. The maximum atomic E-state index is 12.4. The highest BCUT2D eigenvalue weighted by Gasteiger charge is 2.27. The lowest BCUT2D eigenvalue weighted by Crippen LogP contribution is -2.42. The number of hydrogen-bond donors (Lipinski definition) is 1. The molecule has 0 saturated carbocycles. The van der Waals surface area contributed by atoms with Crippen LogP contribution in [0.5, 0.6) is 0 Å². The lowest BCUT2D eigenvalue weighted by Gasteiger charge is -2.24. The second-order valence-corrected chi connectivity index (χ2v) is 6.81. The van der Waals surface area contributed by atoms with Crippen LogP contribution < -0.4 is 5.73 Å². The van der Waals surface area contributed by atoms with Crippen LogP contribution >= 0.6 is 12.2 Å². The van der Waals surface area contributed by atoms with E-state index in [1.165, 1.54) is 11.4 Å². The highest BCUT2D eigenvalue weighted by atomic mass is 32.2. The van der Waals surface area contributed by atoms with Gasteiger partial charge in [0.05, 0.1) is 15.9 Å². The summed E-state index contributed by atoms with van der Waals surface area (Å²) < 4.78 is 26.0. The van der Waals surface area contributed by atoms with Gasteiger partial charge in [-0.1, -0.05) is 29.9 Å². The molecule has 1 atom stereocenters. The topological polar surface area (TPSA) is 63.4 Å². The van der Waals surface area contributed by atoms with E-state index >= 15 is 0 Å². The Morgan fingerprint density at radius 3 is 2.39 bits per heavy atom. The average Bonchev–Trinajstić information content (AvgIpc) is 2.26. The normalized spacial score (nSPS) is 13.6. The number of sulfonamides is 1. The number of rotatable bonds is 4. The minimum Gasteiger partial charge on any atom is -0.392 e. The number of likely N-dealkylation sites (N-methyl/N-ethyl adjacent to an activating group) is 1. The van der Waals surface area contributed by atoms with E-state index in [1.807, 2.05) is 13.0 Å². The number of aryl methyl sites for hydroxylation is 2. The molecule has 1 rings (SSSR count). The molecule has 0 fully saturated rings.